The highest BCUT2D eigenvalue weighted by atomic mass is 16.5. The van der Waals surface area contributed by atoms with Crippen LogP contribution in [0.2, 0.25) is 0 Å². The lowest BCUT2D eigenvalue weighted by atomic mass is 10.1. The van der Waals surface area contributed by atoms with Crippen LogP contribution >= 0.6 is 0 Å². The van der Waals surface area contributed by atoms with Crippen LogP contribution in [0.3, 0.4) is 0 Å². The largest absolute Gasteiger partial charge is 0.383 e. The molecule has 0 saturated carbocycles. The fourth-order valence-electron chi connectivity index (χ4n) is 1.78. The van der Waals surface area contributed by atoms with Crippen molar-refractivity contribution in [2.45, 2.75) is 32.2 Å². The summed E-state index contributed by atoms with van der Waals surface area (Å²) in [5.41, 5.74) is 5.89. The molecule has 5 nitrogen and oxygen atoms in total. The lowest BCUT2D eigenvalue weighted by Crippen LogP contribution is -2.45. The third-order valence-electron chi connectivity index (χ3n) is 2.83. The van der Waals surface area contributed by atoms with E-state index in [4.69, 9.17) is 10.5 Å². The zero-order valence-electron chi connectivity index (χ0n) is 12.3. The molecular weight excluding hydrogens is 230 g/mol. The number of carbonyl (C=O) groups is 1. The number of carbonyl (C=O) groups excluding carboxylic acids is 1. The van der Waals surface area contributed by atoms with Gasteiger partial charge in [-0.25, -0.2) is 0 Å². The van der Waals surface area contributed by atoms with E-state index in [2.05, 4.69) is 4.90 Å². The Morgan fingerprint density at radius 3 is 2.44 bits per heavy atom. The SMILES string of the molecule is CCCC(N)C(=O)N(CCCN(C)C)CCOC. The Hall–Kier alpha value is -0.650. The zero-order chi connectivity index (χ0) is 14.0. The summed E-state index contributed by atoms with van der Waals surface area (Å²) >= 11 is 0. The molecule has 0 bridgehead atoms. The van der Waals surface area contributed by atoms with Gasteiger partial charge in [-0.05, 0) is 33.5 Å². The Morgan fingerprint density at radius 1 is 1.28 bits per heavy atom. The Bertz CT molecular complexity index is 222. The zero-order valence-corrected chi connectivity index (χ0v) is 12.3. The van der Waals surface area contributed by atoms with Crippen LogP contribution in [0, 0.1) is 0 Å². The molecule has 1 amide bonds. The molecule has 1 unspecified atom stereocenters. The van der Waals surface area contributed by atoms with Gasteiger partial charge in [0.2, 0.25) is 5.91 Å². The highest BCUT2D eigenvalue weighted by Crippen LogP contribution is 2.02. The van der Waals surface area contributed by atoms with Crippen molar-refractivity contribution < 1.29 is 9.53 Å². The first-order valence-corrected chi connectivity index (χ1v) is 6.71. The summed E-state index contributed by atoms with van der Waals surface area (Å²) in [4.78, 5) is 16.1. The van der Waals surface area contributed by atoms with Crippen LogP contribution in [0.25, 0.3) is 0 Å². The molecule has 0 heterocycles. The summed E-state index contributed by atoms with van der Waals surface area (Å²) in [5, 5.41) is 0. The van der Waals surface area contributed by atoms with Crippen molar-refractivity contribution >= 4 is 5.91 Å². The Kier molecular flexibility index (Phi) is 9.92. The number of nitrogens with two attached hydrogens (primary N) is 1. The molecule has 0 aliphatic carbocycles. The number of rotatable bonds is 10. The summed E-state index contributed by atoms with van der Waals surface area (Å²) in [6, 6.07) is -0.369. The average Bonchev–Trinajstić information content (AvgIpc) is 2.32. The number of hydrogen-bond acceptors (Lipinski definition) is 4. The molecule has 0 aromatic carbocycles. The molecule has 0 aliphatic rings. The van der Waals surface area contributed by atoms with E-state index in [1.54, 1.807) is 7.11 Å². The van der Waals surface area contributed by atoms with Gasteiger partial charge in [0.05, 0.1) is 12.6 Å². The van der Waals surface area contributed by atoms with Crippen LogP contribution in [-0.4, -0.2) is 69.2 Å². The summed E-state index contributed by atoms with van der Waals surface area (Å²) in [6.07, 6.45) is 2.64. The Morgan fingerprint density at radius 2 is 1.94 bits per heavy atom. The average molecular weight is 259 g/mol. The first kappa shape index (κ1) is 17.4. The van der Waals surface area contributed by atoms with Gasteiger partial charge in [-0.1, -0.05) is 13.3 Å². The van der Waals surface area contributed by atoms with Crippen molar-refractivity contribution in [3.05, 3.63) is 0 Å². The maximum Gasteiger partial charge on any atom is 0.239 e. The molecule has 2 N–H and O–H groups in total. The van der Waals surface area contributed by atoms with Gasteiger partial charge in [0.1, 0.15) is 0 Å². The second kappa shape index (κ2) is 10.3. The fourth-order valence-corrected chi connectivity index (χ4v) is 1.78. The molecule has 0 rings (SSSR count). The van der Waals surface area contributed by atoms with Crippen molar-refractivity contribution in [3.8, 4) is 0 Å². The molecule has 0 radical (unpaired) electrons. The molecule has 0 aliphatic heterocycles. The molecule has 0 aromatic rings. The van der Waals surface area contributed by atoms with Crippen LogP contribution in [0.1, 0.15) is 26.2 Å². The number of ether oxygens (including phenoxy) is 1. The normalized spacial score (nSPS) is 12.8. The monoisotopic (exact) mass is 259 g/mol. The topological polar surface area (TPSA) is 58.8 Å². The molecule has 0 spiro atoms. The number of nitrogens with zero attached hydrogens (tertiary/aromatic N) is 2. The second-order valence-corrected chi connectivity index (χ2v) is 4.87. The van der Waals surface area contributed by atoms with E-state index in [1.165, 1.54) is 0 Å². The van der Waals surface area contributed by atoms with Crippen molar-refractivity contribution in [3.63, 3.8) is 0 Å². The molecule has 108 valence electrons. The van der Waals surface area contributed by atoms with Crippen molar-refractivity contribution in [1.29, 1.82) is 0 Å². The van der Waals surface area contributed by atoms with Gasteiger partial charge in [-0.2, -0.15) is 0 Å². The van der Waals surface area contributed by atoms with E-state index in [1.807, 2.05) is 25.9 Å². The minimum Gasteiger partial charge on any atom is -0.383 e. The van der Waals surface area contributed by atoms with Gasteiger partial charge >= 0.3 is 0 Å². The fraction of sp³-hybridized carbons (Fsp3) is 0.923. The van der Waals surface area contributed by atoms with Crippen molar-refractivity contribution in [2.24, 2.45) is 5.73 Å². The maximum absolute atomic E-state index is 12.1. The van der Waals surface area contributed by atoms with Gasteiger partial charge in [0.25, 0.3) is 0 Å². The number of methoxy groups -OCH3 is 1. The number of hydrogen-bond donors (Lipinski definition) is 1. The van der Waals surface area contributed by atoms with Gasteiger partial charge < -0.3 is 20.3 Å². The standard InChI is InChI=1S/C13H29N3O2/c1-5-7-12(14)13(17)16(10-11-18-4)9-6-8-15(2)3/h12H,5-11,14H2,1-4H3. The summed E-state index contributed by atoms with van der Waals surface area (Å²) < 4.78 is 5.04. The Balaban J connectivity index is 4.23. The minimum atomic E-state index is -0.369. The second-order valence-electron chi connectivity index (χ2n) is 4.87. The first-order valence-electron chi connectivity index (χ1n) is 6.71. The molecular formula is C13H29N3O2. The Labute approximate surface area is 111 Å². The quantitative estimate of drug-likeness (QED) is 0.622. The van der Waals surface area contributed by atoms with Crippen molar-refractivity contribution in [2.75, 3.05) is 47.4 Å². The third kappa shape index (κ3) is 7.63. The lowest BCUT2D eigenvalue weighted by molar-refractivity contribution is -0.133. The van der Waals surface area contributed by atoms with E-state index in [-0.39, 0.29) is 11.9 Å². The minimum absolute atomic E-state index is 0.0488. The van der Waals surface area contributed by atoms with Crippen LogP contribution in [0.5, 0.6) is 0 Å². The predicted molar refractivity (Wildman–Crippen MR) is 74.5 cm³/mol. The molecule has 1 atom stereocenters. The lowest BCUT2D eigenvalue weighted by Gasteiger charge is -2.26. The van der Waals surface area contributed by atoms with E-state index in [9.17, 15) is 4.79 Å². The molecule has 0 saturated heterocycles. The summed E-state index contributed by atoms with van der Waals surface area (Å²) in [6.45, 7) is 4.95. The van der Waals surface area contributed by atoms with Crippen LogP contribution < -0.4 is 5.73 Å². The van der Waals surface area contributed by atoms with Crippen LogP contribution in [-0.2, 0) is 9.53 Å². The molecule has 18 heavy (non-hydrogen) atoms. The van der Waals surface area contributed by atoms with Gasteiger partial charge in [-0.3, -0.25) is 4.79 Å². The molecule has 0 aromatic heterocycles. The smallest absolute Gasteiger partial charge is 0.239 e. The molecule has 5 heteroatoms. The first-order chi connectivity index (χ1) is 8.52. The van der Waals surface area contributed by atoms with Gasteiger partial charge in [-0.15, -0.1) is 0 Å². The van der Waals surface area contributed by atoms with Crippen LogP contribution in [0.4, 0.5) is 0 Å². The highest BCUT2D eigenvalue weighted by Gasteiger charge is 2.19. The summed E-state index contributed by atoms with van der Waals surface area (Å²) in [7, 11) is 5.71. The predicted octanol–water partition coefficient (Wildman–Crippen LogP) is 0.541. The molecule has 0 fully saturated rings. The maximum atomic E-state index is 12.1. The third-order valence-corrected chi connectivity index (χ3v) is 2.83. The number of amides is 1. The van der Waals surface area contributed by atoms with Crippen LogP contribution in [0.15, 0.2) is 0 Å². The van der Waals surface area contributed by atoms with Gasteiger partial charge in [0.15, 0.2) is 0 Å². The highest BCUT2D eigenvalue weighted by molar-refractivity contribution is 5.81. The van der Waals surface area contributed by atoms with E-state index < -0.39 is 0 Å². The van der Waals surface area contributed by atoms with Crippen molar-refractivity contribution in [1.82, 2.24) is 9.80 Å². The summed E-state index contributed by atoms with van der Waals surface area (Å²) in [5.74, 6) is 0.0488. The van der Waals surface area contributed by atoms with E-state index in [0.29, 0.717) is 13.2 Å². The van der Waals surface area contributed by atoms with E-state index >= 15 is 0 Å². The van der Waals surface area contributed by atoms with Gasteiger partial charge in [0, 0.05) is 20.2 Å². The van der Waals surface area contributed by atoms with E-state index in [0.717, 1.165) is 32.4 Å².